The van der Waals surface area contributed by atoms with Crippen molar-refractivity contribution in [1.29, 1.82) is 5.26 Å². The highest BCUT2D eigenvalue weighted by atomic mass is 32.2. The molecule has 0 fully saturated rings. The minimum Gasteiger partial charge on any atom is -0.497 e. The zero-order chi connectivity index (χ0) is 28.9. The van der Waals surface area contributed by atoms with Crippen LogP contribution >= 0.6 is 23.1 Å². The summed E-state index contributed by atoms with van der Waals surface area (Å²) in [5.74, 6) is 0.995. The van der Waals surface area contributed by atoms with Gasteiger partial charge in [-0.1, -0.05) is 35.2 Å². The number of Topliss-reactive ketones (excluding diaryl/α,β-unsaturated/α-hetero) is 1. The van der Waals surface area contributed by atoms with Crippen LogP contribution in [0, 0.1) is 11.3 Å². The van der Waals surface area contributed by atoms with Gasteiger partial charge in [0.25, 0.3) is 0 Å². The van der Waals surface area contributed by atoms with Gasteiger partial charge in [0.2, 0.25) is 11.0 Å². The van der Waals surface area contributed by atoms with Gasteiger partial charge in [-0.05, 0) is 61.7 Å². The topological polar surface area (TPSA) is 143 Å². The summed E-state index contributed by atoms with van der Waals surface area (Å²) in [6.07, 6.45) is 1.69. The number of carbonyl (C=O) groups is 2. The Balaban J connectivity index is 1.38. The van der Waals surface area contributed by atoms with Crippen LogP contribution in [0.25, 0.3) is 0 Å². The molecule has 41 heavy (non-hydrogen) atoms. The summed E-state index contributed by atoms with van der Waals surface area (Å²) in [7, 11) is 1.58. The lowest BCUT2D eigenvalue weighted by molar-refractivity contribution is -0.116. The Morgan fingerprint density at radius 2 is 1.90 bits per heavy atom. The summed E-state index contributed by atoms with van der Waals surface area (Å²) in [5, 5.41) is 22.1. The number of nitriles is 1. The summed E-state index contributed by atoms with van der Waals surface area (Å²) in [6, 6.07) is 16.7. The van der Waals surface area contributed by atoms with Crippen molar-refractivity contribution in [1.82, 2.24) is 10.2 Å². The number of hydrogen-bond donors (Lipinski definition) is 2. The number of amides is 1. The number of benzene rings is 2. The first kappa shape index (κ1) is 28.2. The summed E-state index contributed by atoms with van der Waals surface area (Å²) in [6.45, 7) is 2.45. The SMILES string of the molecule is CCOc1ccc(C2C(C#N)=C(N)N(c3nnc(SCC(=O)Nc4ccc(OC)cc4)s3)C3=C2C(=O)CCC3)cc1. The third kappa shape index (κ3) is 5.91. The van der Waals surface area contributed by atoms with Crippen molar-refractivity contribution in [3.8, 4) is 17.6 Å². The molecule has 3 N–H and O–H groups in total. The van der Waals surface area contributed by atoms with Crippen molar-refractivity contribution in [3.63, 3.8) is 0 Å². The van der Waals surface area contributed by atoms with Crippen molar-refractivity contribution < 1.29 is 19.1 Å². The highest BCUT2D eigenvalue weighted by Crippen LogP contribution is 2.47. The number of aromatic nitrogens is 2. The summed E-state index contributed by atoms with van der Waals surface area (Å²) in [5.41, 5.74) is 9.68. The normalized spacial score (nSPS) is 16.8. The molecule has 0 bridgehead atoms. The predicted octanol–water partition coefficient (Wildman–Crippen LogP) is 4.98. The van der Waals surface area contributed by atoms with Gasteiger partial charge in [0.1, 0.15) is 17.3 Å². The maximum Gasteiger partial charge on any atom is 0.234 e. The van der Waals surface area contributed by atoms with E-state index in [1.54, 1.807) is 36.3 Å². The number of ketones is 1. The van der Waals surface area contributed by atoms with Gasteiger partial charge in [-0.15, -0.1) is 10.2 Å². The monoisotopic (exact) mass is 588 g/mol. The molecule has 5 rings (SSSR count). The number of nitrogens with one attached hydrogen (secondary N) is 1. The number of rotatable bonds is 9. The molecule has 12 heteroatoms. The van der Waals surface area contributed by atoms with Crippen LogP contribution in [0.4, 0.5) is 10.8 Å². The molecule has 210 valence electrons. The van der Waals surface area contributed by atoms with E-state index in [1.165, 1.54) is 23.1 Å². The fourth-order valence-electron chi connectivity index (χ4n) is 4.91. The maximum absolute atomic E-state index is 13.3. The lowest BCUT2D eigenvalue weighted by Crippen LogP contribution is -2.38. The van der Waals surface area contributed by atoms with Gasteiger partial charge in [0, 0.05) is 23.4 Å². The molecule has 0 saturated heterocycles. The quantitative estimate of drug-likeness (QED) is 0.328. The Hall–Kier alpha value is -4.34. The zero-order valence-electron chi connectivity index (χ0n) is 22.5. The molecule has 0 saturated carbocycles. The largest absolute Gasteiger partial charge is 0.497 e. The van der Waals surface area contributed by atoms with E-state index in [9.17, 15) is 14.9 Å². The van der Waals surface area contributed by atoms with E-state index < -0.39 is 5.92 Å². The van der Waals surface area contributed by atoms with Crippen LogP contribution in [0.3, 0.4) is 0 Å². The lowest BCUT2D eigenvalue weighted by Gasteiger charge is -2.38. The molecule has 1 aromatic heterocycles. The molecule has 1 amide bonds. The van der Waals surface area contributed by atoms with Crippen molar-refractivity contribution in [3.05, 3.63) is 76.8 Å². The highest BCUT2D eigenvalue weighted by Gasteiger charge is 2.41. The van der Waals surface area contributed by atoms with Crippen LogP contribution in [0.1, 0.15) is 37.7 Å². The third-order valence-electron chi connectivity index (χ3n) is 6.73. The van der Waals surface area contributed by atoms with Gasteiger partial charge in [0.05, 0.1) is 37.0 Å². The first-order valence-electron chi connectivity index (χ1n) is 13.0. The standard InChI is InChI=1S/C29H28N6O4S2/c1-3-39-20-11-7-17(8-12-20)25-21(15-30)27(31)35(22-5-4-6-23(36)26(22)25)28-33-34-29(41-28)40-16-24(37)32-18-9-13-19(38-2)14-10-18/h7-14,25H,3-6,16,31H2,1-2H3,(H,32,37). The molecule has 1 atom stereocenters. The van der Waals surface area contributed by atoms with Crippen LogP contribution < -0.4 is 25.4 Å². The van der Waals surface area contributed by atoms with Crippen molar-refractivity contribution >= 4 is 45.6 Å². The number of nitrogens with zero attached hydrogens (tertiary/aromatic N) is 4. The number of allylic oxidation sites excluding steroid dienone is 3. The number of ether oxygens (including phenoxy) is 2. The number of carbonyl (C=O) groups excluding carboxylic acids is 2. The van der Waals surface area contributed by atoms with Crippen LogP contribution in [0.2, 0.25) is 0 Å². The van der Waals surface area contributed by atoms with Crippen molar-refractivity contribution in [2.75, 3.05) is 29.7 Å². The number of methoxy groups -OCH3 is 1. The third-order valence-corrected chi connectivity index (χ3v) is 8.77. The molecule has 2 aliphatic rings. The molecule has 2 heterocycles. The Morgan fingerprint density at radius 3 is 2.59 bits per heavy atom. The molecular weight excluding hydrogens is 560 g/mol. The van der Waals surface area contributed by atoms with E-state index in [1.807, 2.05) is 31.2 Å². The minimum atomic E-state index is -0.571. The van der Waals surface area contributed by atoms with Crippen molar-refractivity contribution in [2.24, 2.45) is 5.73 Å². The van der Waals surface area contributed by atoms with Gasteiger partial charge in [0.15, 0.2) is 10.1 Å². The van der Waals surface area contributed by atoms with Gasteiger partial charge in [-0.2, -0.15) is 5.26 Å². The smallest absolute Gasteiger partial charge is 0.234 e. The Kier molecular flexibility index (Phi) is 8.56. The second-order valence-electron chi connectivity index (χ2n) is 9.23. The first-order chi connectivity index (χ1) is 19.9. The molecule has 1 aliphatic heterocycles. The summed E-state index contributed by atoms with van der Waals surface area (Å²) < 4.78 is 11.3. The van der Waals surface area contributed by atoms with Crippen molar-refractivity contribution in [2.45, 2.75) is 36.4 Å². The van der Waals surface area contributed by atoms with Crippen LogP contribution in [-0.4, -0.2) is 41.4 Å². The predicted molar refractivity (Wildman–Crippen MR) is 158 cm³/mol. The fourth-order valence-corrected chi connectivity index (χ4v) is 6.59. The Bertz CT molecular complexity index is 1560. The average molecular weight is 589 g/mol. The molecule has 10 nitrogen and oxygen atoms in total. The lowest BCUT2D eigenvalue weighted by atomic mass is 9.76. The molecule has 0 spiro atoms. The molecule has 0 radical (unpaired) electrons. The average Bonchev–Trinajstić information content (AvgIpc) is 3.45. The molecule has 3 aromatic rings. The number of anilines is 2. The highest BCUT2D eigenvalue weighted by molar-refractivity contribution is 8.01. The van der Waals surface area contributed by atoms with Gasteiger partial charge in [-0.3, -0.25) is 14.5 Å². The first-order valence-corrected chi connectivity index (χ1v) is 14.8. The van der Waals surface area contributed by atoms with E-state index in [0.29, 0.717) is 58.1 Å². The van der Waals surface area contributed by atoms with E-state index in [0.717, 1.165) is 11.3 Å². The second kappa shape index (κ2) is 12.4. The molecule has 2 aromatic carbocycles. The van der Waals surface area contributed by atoms with E-state index >= 15 is 0 Å². The maximum atomic E-state index is 13.3. The molecular formula is C29H28N6O4S2. The zero-order valence-corrected chi connectivity index (χ0v) is 24.2. The van der Waals surface area contributed by atoms with E-state index in [2.05, 4.69) is 21.6 Å². The Morgan fingerprint density at radius 1 is 1.17 bits per heavy atom. The summed E-state index contributed by atoms with van der Waals surface area (Å²) >= 11 is 2.50. The van der Waals surface area contributed by atoms with Crippen LogP contribution in [0.5, 0.6) is 11.5 Å². The second-order valence-corrected chi connectivity index (χ2v) is 11.4. The minimum absolute atomic E-state index is 0.00954. The van der Waals surface area contributed by atoms with Crippen LogP contribution in [-0.2, 0) is 9.59 Å². The van der Waals surface area contributed by atoms with Gasteiger partial charge in [-0.25, -0.2) is 0 Å². The van der Waals surface area contributed by atoms with Gasteiger partial charge >= 0.3 is 0 Å². The molecule has 1 unspecified atom stereocenters. The van der Waals surface area contributed by atoms with Crippen LogP contribution in [0.15, 0.2) is 75.5 Å². The molecule has 1 aliphatic carbocycles. The van der Waals surface area contributed by atoms with E-state index in [4.69, 9.17) is 15.2 Å². The fraction of sp³-hybridized carbons (Fsp3) is 0.276. The summed E-state index contributed by atoms with van der Waals surface area (Å²) in [4.78, 5) is 27.5. The van der Waals surface area contributed by atoms with Gasteiger partial charge < -0.3 is 20.5 Å². The number of nitrogens with two attached hydrogens (primary N) is 1. The number of hydrogen-bond acceptors (Lipinski definition) is 11. The van der Waals surface area contributed by atoms with E-state index in [-0.39, 0.29) is 28.8 Å². The number of thioether (sulfide) groups is 1. The Labute approximate surface area is 245 Å².